The molecule has 94 valence electrons. The largest absolute Gasteiger partial charge is 0.351 e. The molecule has 17 heavy (non-hydrogen) atoms. The molecule has 1 aliphatic rings. The molecule has 0 bridgehead atoms. The highest BCUT2D eigenvalue weighted by atomic mass is 79.9. The molecule has 1 heterocycles. The molecule has 1 saturated carbocycles. The van der Waals surface area contributed by atoms with Gasteiger partial charge in [-0.25, -0.2) is 0 Å². The molecule has 1 fully saturated rings. The van der Waals surface area contributed by atoms with Crippen LogP contribution in [0, 0.1) is 18.8 Å². The van der Waals surface area contributed by atoms with Crippen molar-refractivity contribution in [2.45, 2.75) is 26.2 Å². The molecular formula is C13H18BrNOS. The molecule has 0 radical (unpaired) electrons. The fraction of sp³-hybridized carbons (Fsp3) is 0.615. The topological polar surface area (TPSA) is 29.1 Å². The van der Waals surface area contributed by atoms with E-state index in [2.05, 4.69) is 21.2 Å². The Bertz CT molecular complexity index is 391. The monoisotopic (exact) mass is 315 g/mol. The van der Waals surface area contributed by atoms with Crippen molar-refractivity contribution in [3.05, 3.63) is 21.9 Å². The Balaban J connectivity index is 1.84. The van der Waals surface area contributed by atoms with Crippen LogP contribution in [0.3, 0.4) is 0 Å². The van der Waals surface area contributed by atoms with Gasteiger partial charge in [0.05, 0.1) is 4.88 Å². The summed E-state index contributed by atoms with van der Waals surface area (Å²) < 4.78 is 0. The summed E-state index contributed by atoms with van der Waals surface area (Å²) in [6.45, 7) is 2.85. The van der Waals surface area contributed by atoms with Gasteiger partial charge in [0.25, 0.3) is 5.91 Å². The number of halogens is 1. The number of carbonyl (C=O) groups is 1. The molecule has 0 aliphatic heterocycles. The van der Waals surface area contributed by atoms with Crippen molar-refractivity contribution in [2.24, 2.45) is 11.8 Å². The second-order valence-electron chi connectivity index (χ2n) is 4.73. The van der Waals surface area contributed by atoms with Crippen LogP contribution < -0.4 is 5.32 Å². The minimum absolute atomic E-state index is 0.0864. The summed E-state index contributed by atoms with van der Waals surface area (Å²) in [7, 11) is 0. The lowest BCUT2D eigenvalue weighted by Gasteiger charge is -2.17. The second kappa shape index (κ2) is 6.01. The minimum atomic E-state index is 0.0864. The number of carbonyl (C=O) groups excluding carboxylic acids is 1. The molecule has 0 aromatic carbocycles. The Morgan fingerprint density at radius 2 is 2.24 bits per heavy atom. The molecule has 1 aliphatic carbocycles. The van der Waals surface area contributed by atoms with Crippen molar-refractivity contribution in [2.75, 3.05) is 11.9 Å². The van der Waals surface area contributed by atoms with Gasteiger partial charge in [-0.2, -0.15) is 0 Å². The number of aryl methyl sites for hydroxylation is 1. The lowest BCUT2D eigenvalue weighted by Crippen LogP contribution is -2.30. The molecule has 0 spiro atoms. The van der Waals surface area contributed by atoms with Crippen LogP contribution in [0.2, 0.25) is 0 Å². The number of thiophene rings is 1. The quantitative estimate of drug-likeness (QED) is 0.845. The maximum atomic E-state index is 11.9. The first-order valence-corrected chi connectivity index (χ1v) is 8.05. The highest BCUT2D eigenvalue weighted by Gasteiger charge is 2.26. The molecular weight excluding hydrogens is 298 g/mol. The van der Waals surface area contributed by atoms with Crippen LogP contribution in [0.5, 0.6) is 0 Å². The summed E-state index contributed by atoms with van der Waals surface area (Å²) in [6.07, 6.45) is 3.85. The zero-order chi connectivity index (χ0) is 12.3. The van der Waals surface area contributed by atoms with E-state index in [1.807, 2.05) is 19.1 Å². The van der Waals surface area contributed by atoms with E-state index in [1.54, 1.807) is 11.3 Å². The molecule has 1 N–H and O–H groups in total. The van der Waals surface area contributed by atoms with Crippen LogP contribution in [0.4, 0.5) is 0 Å². The fourth-order valence-electron chi connectivity index (χ4n) is 2.45. The third kappa shape index (κ3) is 3.32. The highest BCUT2D eigenvalue weighted by molar-refractivity contribution is 9.09. The average Bonchev–Trinajstić information content (AvgIpc) is 2.94. The van der Waals surface area contributed by atoms with Gasteiger partial charge in [0.2, 0.25) is 0 Å². The van der Waals surface area contributed by atoms with Gasteiger partial charge in [0, 0.05) is 16.8 Å². The van der Waals surface area contributed by atoms with Gasteiger partial charge in [-0.15, -0.1) is 11.3 Å². The normalized spacial score (nSPS) is 23.9. The van der Waals surface area contributed by atoms with Crippen molar-refractivity contribution in [1.29, 1.82) is 0 Å². The van der Waals surface area contributed by atoms with Crippen molar-refractivity contribution in [3.63, 3.8) is 0 Å². The van der Waals surface area contributed by atoms with Crippen LogP contribution in [0.25, 0.3) is 0 Å². The van der Waals surface area contributed by atoms with Gasteiger partial charge < -0.3 is 5.32 Å². The predicted octanol–water partition coefficient (Wildman–Crippen LogP) is 3.60. The van der Waals surface area contributed by atoms with E-state index in [0.717, 1.165) is 22.7 Å². The summed E-state index contributed by atoms with van der Waals surface area (Å²) in [5.41, 5.74) is 0. The lowest BCUT2D eigenvalue weighted by atomic mass is 9.98. The first kappa shape index (κ1) is 13.1. The molecule has 1 amide bonds. The maximum Gasteiger partial charge on any atom is 0.261 e. The van der Waals surface area contributed by atoms with Crippen molar-refractivity contribution >= 4 is 33.2 Å². The molecule has 2 atom stereocenters. The fourth-order valence-corrected chi connectivity index (χ4v) is 4.09. The molecule has 1 aromatic rings. The Morgan fingerprint density at radius 1 is 1.47 bits per heavy atom. The predicted molar refractivity (Wildman–Crippen MR) is 76.0 cm³/mol. The maximum absolute atomic E-state index is 11.9. The Kier molecular flexibility index (Phi) is 4.62. The van der Waals surface area contributed by atoms with E-state index in [1.165, 1.54) is 24.1 Å². The first-order valence-electron chi connectivity index (χ1n) is 6.11. The summed E-state index contributed by atoms with van der Waals surface area (Å²) in [5, 5.41) is 4.13. The highest BCUT2D eigenvalue weighted by Crippen LogP contribution is 2.32. The van der Waals surface area contributed by atoms with Crippen molar-refractivity contribution in [1.82, 2.24) is 5.32 Å². The van der Waals surface area contributed by atoms with E-state index in [0.29, 0.717) is 5.92 Å². The minimum Gasteiger partial charge on any atom is -0.351 e. The van der Waals surface area contributed by atoms with E-state index in [9.17, 15) is 4.79 Å². The average molecular weight is 316 g/mol. The Morgan fingerprint density at radius 3 is 2.88 bits per heavy atom. The number of hydrogen-bond donors (Lipinski definition) is 1. The SMILES string of the molecule is Cc1ccc(C(=O)NCC2CCCC2CBr)s1. The number of hydrogen-bond acceptors (Lipinski definition) is 2. The van der Waals surface area contributed by atoms with Gasteiger partial charge in [0.1, 0.15) is 0 Å². The number of alkyl halides is 1. The summed E-state index contributed by atoms with van der Waals surface area (Å²) >= 11 is 5.12. The van der Waals surface area contributed by atoms with E-state index in [-0.39, 0.29) is 5.91 Å². The molecule has 1 aromatic heterocycles. The standard InChI is InChI=1S/C13H18BrNOS/c1-9-5-6-12(17-9)13(16)15-8-11-4-2-3-10(11)7-14/h5-6,10-11H,2-4,7-8H2,1H3,(H,15,16). The Hall–Kier alpha value is -0.350. The molecule has 4 heteroatoms. The van der Waals surface area contributed by atoms with Crippen LogP contribution in [-0.4, -0.2) is 17.8 Å². The lowest BCUT2D eigenvalue weighted by molar-refractivity contribution is 0.0949. The van der Waals surface area contributed by atoms with Gasteiger partial charge in [-0.05, 0) is 43.7 Å². The third-order valence-electron chi connectivity index (χ3n) is 3.50. The summed E-state index contributed by atoms with van der Waals surface area (Å²) in [4.78, 5) is 13.9. The zero-order valence-electron chi connectivity index (χ0n) is 10.0. The van der Waals surface area contributed by atoms with E-state index >= 15 is 0 Å². The molecule has 2 rings (SSSR count). The summed E-state index contributed by atoms with van der Waals surface area (Å²) in [5.74, 6) is 1.48. The van der Waals surface area contributed by atoms with E-state index < -0.39 is 0 Å². The van der Waals surface area contributed by atoms with Gasteiger partial charge in [-0.1, -0.05) is 22.4 Å². The van der Waals surface area contributed by atoms with Crippen LogP contribution in [-0.2, 0) is 0 Å². The number of nitrogens with one attached hydrogen (secondary N) is 1. The molecule has 2 nitrogen and oxygen atoms in total. The van der Waals surface area contributed by atoms with Crippen LogP contribution in [0.1, 0.15) is 33.8 Å². The van der Waals surface area contributed by atoms with Gasteiger partial charge in [-0.3, -0.25) is 4.79 Å². The summed E-state index contributed by atoms with van der Waals surface area (Å²) in [6, 6.07) is 3.91. The molecule has 0 saturated heterocycles. The number of amides is 1. The van der Waals surface area contributed by atoms with E-state index in [4.69, 9.17) is 0 Å². The van der Waals surface area contributed by atoms with Crippen molar-refractivity contribution in [3.8, 4) is 0 Å². The van der Waals surface area contributed by atoms with Crippen LogP contribution in [0.15, 0.2) is 12.1 Å². The first-order chi connectivity index (χ1) is 8.20. The molecule has 2 unspecified atom stereocenters. The Labute approximate surface area is 115 Å². The van der Waals surface area contributed by atoms with Crippen LogP contribution >= 0.6 is 27.3 Å². The third-order valence-corrected chi connectivity index (χ3v) is 5.33. The van der Waals surface area contributed by atoms with Gasteiger partial charge in [0.15, 0.2) is 0 Å². The van der Waals surface area contributed by atoms with Gasteiger partial charge >= 0.3 is 0 Å². The van der Waals surface area contributed by atoms with Crippen molar-refractivity contribution < 1.29 is 4.79 Å². The zero-order valence-corrected chi connectivity index (χ0v) is 12.4. The second-order valence-corrected chi connectivity index (χ2v) is 6.66. The smallest absolute Gasteiger partial charge is 0.261 e. The number of rotatable bonds is 4.